The molecule has 2 aromatic carbocycles. The Labute approximate surface area is 155 Å². The number of methoxy groups -OCH3 is 1. The second kappa shape index (κ2) is 8.72. The molecule has 1 amide bonds. The molecule has 1 aliphatic heterocycles. The van der Waals surface area contributed by atoms with Crippen molar-refractivity contribution in [2.75, 3.05) is 50.1 Å². The molecule has 3 rings (SSSR count). The van der Waals surface area contributed by atoms with Gasteiger partial charge in [0.25, 0.3) is 5.91 Å². The first-order chi connectivity index (χ1) is 12.7. The molecule has 0 aliphatic carbocycles. The highest BCUT2D eigenvalue weighted by Crippen LogP contribution is 2.19. The van der Waals surface area contributed by atoms with Crippen molar-refractivity contribution in [2.45, 2.75) is 13.3 Å². The maximum atomic E-state index is 12.3. The van der Waals surface area contributed by atoms with Crippen molar-refractivity contribution in [1.82, 2.24) is 0 Å². The largest absolute Gasteiger partial charge is 0.497 e. The molecule has 1 aliphatic rings. The van der Waals surface area contributed by atoms with Crippen molar-refractivity contribution in [3.8, 4) is 5.75 Å². The van der Waals surface area contributed by atoms with Gasteiger partial charge in [0, 0.05) is 11.4 Å². The van der Waals surface area contributed by atoms with Gasteiger partial charge in [0.05, 0.1) is 33.3 Å². The summed E-state index contributed by atoms with van der Waals surface area (Å²) >= 11 is 0. The predicted molar refractivity (Wildman–Crippen MR) is 105 cm³/mol. The Morgan fingerprint density at radius 1 is 1.15 bits per heavy atom. The smallest absolute Gasteiger partial charge is 0.279 e. The molecular formula is C21H28N3O2+. The van der Waals surface area contributed by atoms with Crippen LogP contribution in [0.5, 0.6) is 5.75 Å². The summed E-state index contributed by atoms with van der Waals surface area (Å²) in [5, 5.41) is 3.03. The first kappa shape index (κ1) is 18.3. The van der Waals surface area contributed by atoms with Crippen LogP contribution >= 0.6 is 0 Å². The van der Waals surface area contributed by atoms with Gasteiger partial charge in [-0.25, -0.2) is 0 Å². The van der Waals surface area contributed by atoms with Crippen LogP contribution in [0.15, 0.2) is 48.5 Å². The van der Waals surface area contributed by atoms with E-state index in [0.717, 1.165) is 44.0 Å². The van der Waals surface area contributed by atoms with Gasteiger partial charge < -0.3 is 19.9 Å². The molecular weight excluding hydrogens is 326 g/mol. The van der Waals surface area contributed by atoms with Crippen LogP contribution in [0.4, 0.5) is 11.4 Å². The summed E-state index contributed by atoms with van der Waals surface area (Å²) in [4.78, 5) is 16.0. The third-order valence-corrected chi connectivity index (χ3v) is 4.94. The Hall–Kier alpha value is -2.53. The zero-order valence-electron chi connectivity index (χ0n) is 15.6. The van der Waals surface area contributed by atoms with Crippen molar-refractivity contribution < 1.29 is 14.4 Å². The van der Waals surface area contributed by atoms with Crippen LogP contribution in [0.25, 0.3) is 0 Å². The minimum absolute atomic E-state index is 0.0890. The highest BCUT2D eigenvalue weighted by molar-refractivity contribution is 5.91. The van der Waals surface area contributed by atoms with Gasteiger partial charge in [-0.1, -0.05) is 19.1 Å². The zero-order valence-corrected chi connectivity index (χ0v) is 15.6. The molecule has 26 heavy (non-hydrogen) atoms. The molecule has 1 saturated heterocycles. The lowest BCUT2D eigenvalue weighted by molar-refractivity contribution is -0.892. The van der Waals surface area contributed by atoms with Crippen molar-refractivity contribution in [1.29, 1.82) is 0 Å². The maximum Gasteiger partial charge on any atom is 0.279 e. The molecule has 1 heterocycles. The molecule has 1 fully saturated rings. The summed E-state index contributed by atoms with van der Waals surface area (Å²) in [5.41, 5.74) is 3.35. The van der Waals surface area contributed by atoms with Crippen LogP contribution in [0.3, 0.4) is 0 Å². The summed E-state index contributed by atoms with van der Waals surface area (Å²) in [7, 11) is 1.68. The van der Waals surface area contributed by atoms with E-state index in [4.69, 9.17) is 4.74 Å². The lowest BCUT2D eigenvalue weighted by atomic mass is 10.1. The van der Waals surface area contributed by atoms with E-state index in [1.807, 2.05) is 24.3 Å². The number of aryl methyl sites for hydroxylation is 1. The van der Waals surface area contributed by atoms with Gasteiger partial charge >= 0.3 is 0 Å². The second-order valence-corrected chi connectivity index (χ2v) is 6.71. The number of carbonyl (C=O) groups excluding carboxylic acids is 1. The number of nitrogens with one attached hydrogen (secondary N) is 2. The number of anilines is 2. The van der Waals surface area contributed by atoms with E-state index < -0.39 is 0 Å². The van der Waals surface area contributed by atoms with Crippen LogP contribution in [-0.4, -0.2) is 45.7 Å². The average molecular weight is 354 g/mol. The van der Waals surface area contributed by atoms with Crippen molar-refractivity contribution in [3.05, 3.63) is 54.1 Å². The number of amides is 1. The molecule has 0 bridgehead atoms. The Kier molecular flexibility index (Phi) is 6.12. The van der Waals surface area contributed by atoms with Gasteiger partial charge in [-0.05, 0) is 48.4 Å². The number of rotatable bonds is 6. The molecule has 2 aromatic rings. The van der Waals surface area contributed by atoms with Gasteiger partial charge in [-0.2, -0.15) is 0 Å². The normalized spacial score (nSPS) is 14.9. The number of quaternary nitrogens is 1. The molecule has 0 saturated carbocycles. The molecule has 0 atom stereocenters. The number of ether oxygens (including phenoxy) is 1. The van der Waals surface area contributed by atoms with Crippen LogP contribution in [0.1, 0.15) is 12.5 Å². The van der Waals surface area contributed by atoms with Crippen LogP contribution in [-0.2, 0) is 11.2 Å². The van der Waals surface area contributed by atoms with E-state index in [1.54, 1.807) is 7.11 Å². The quantitative estimate of drug-likeness (QED) is 0.828. The summed E-state index contributed by atoms with van der Waals surface area (Å²) in [6.07, 6.45) is 0.974. The van der Waals surface area contributed by atoms with E-state index >= 15 is 0 Å². The highest BCUT2D eigenvalue weighted by Gasteiger charge is 2.22. The number of benzene rings is 2. The van der Waals surface area contributed by atoms with E-state index in [-0.39, 0.29) is 5.91 Å². The van der Waals surface area contributed by atoms with E-state index in [2.05, 4.69) is 41.4 Å². The number of hydrogen-bond donors (Lipinski definition) is 2. The highest BCUT2D eigenvalue weighted by atomic mass is 16.5. The first-order valence-corrected chi connectivity index (χ1v) is 9.29. The predicted octanol–water partition coefficient (Wildman–Crippen LogP) is 1.60. The van der Waals surface area contributed by atoms with Crippen LogP contribution < -0.4 is 19.9 Å². The number of piperazine rings is 1. The molecule has 5 nitrogen and oxygen atoms in total. The Balaban J connectivity index is 1.47. The molecule has 0 aromatic heterocycles. The third kappa shape index (κ3) is 4.76. The zero-order chi connectivity index (χ0) is 18.4. The number of carbonyl (C=O) groups is 1. The third-order valence-electron chi connectivity index (χ3n) is 4.94. The minimum Gasteiger partial charge on any atom is -0.497 e. The van der Waals surface area contributed by atoms with Crippen molar-refractivity contribution >= 4 is 17.3 Å². The molecule has 0 spiro atoms. The second-order valence-electron chi connectivity index (χ2n) is 6.71. The van der Waals surface area contributed by atoms with Crippen molar-refractivity contribution in [2.24, 2.45) is 0 Å². The number of hydrogen-bond acceptors (Lipinski definition) is 3. The summed E-state index contributed by atoms with van der Waals surface area (Å²) in [6, 6.07) is 16.3. The topological polar surface area (TPSA) is 46.0 Å². The fourth-order valence-corrected chi connectivity index (χ4v) is 3.35. The van der Waals surface area contributed by atoms with Gasteiger partial charge in [0.2, 0.25) is 0 Å². The van der Waals surface area contributed by atoms with E-state index in [0.29, 0.717) is 6.54 Å². The van der Waals surface area contributed by atoms with E-state index in [9.17, 15) is 4.79 Å². The fourth-order valence-electron chi connectivity index (χ4n) is 3.35. The first-order valence-electron chi connectivity index (χ1n) is 9.29. The molecule has 0 radical (unpaired) electrons. The van der Waals surface area contributed by atoms with Crippen molar-refractivity contribution in [3.63, 3.8) is 0 Å². The van der Waals surface area contributed by atoms with Crippen LogP contribution in [0.2, 0.25) is 0 Å². The van der Waals surface area contributed by atoms with Gasteiger partial charge in [-0.3, -0.25) is 4.79 Å². The standard InChI is InChI=1S/C21H27N3O2/c1-3-17-5-4-6-18(15-17)22-21(25)16-23-11-13-24(14-12-23)19-7-9-20(26-2)10-8-19/h4-10,15H,3,11-14,16H2,1-2H3,(H,22,25)/p+1. The van der Waals surface area contributed by atoms with Gasteiger partial charge in [0.1, 0.15) is 5.75 Å². The summed E-state index contributed by atoms with van der Waals surface area (Å²) in [6.45, 7) is 6.49. The minimum atomic E-state index is 0.0890. The fraction of sp³-hybridized carbons (Fsp3) is 0.381. The number of nitrogens with zero attached hydrogens (tertiary/aromatic N) is 1. The molecule has 5 heteroatoms. The summed E-state index contributed by atoms with van der Waals surface area (Å²) < 4.78 is 5.21. The average Bonchev–Trinajstić information content (AvgIpc) is 2.69. The monoisotopic (exact) mass is 354 g/mol. The molecule has 2 N–H and O–H groups in total. The van der Waals surface area contributed by atoms with Gasteiger partial charge in [0.15, 0.2) is 6.54 Å². The Bertz CT molecular complexity index is 722. The van der Waals surface area contributed by atoms with Gasteiger partial charge in [-0.15, -0.1) is 0 Å². The SMILES string of the molecule is CCc1cccc(NC(=O)C[NH+]2CCN(c3ccc(OC)cc3)CC2)c1. The van der Waals surface area contributed by atoms with Crippen LogP contribution in [0, 0.1) is 0 Å². The van der Waals surface area contributed by atoms with E-state index in [1.165, 1.54) is 16.2 Å². The Morgan fingerprint density at radius 3 is 2.54 bits per heavy atom. The Morgan fingerprint density at radius 2 is 1.88 bits per heavy atom. The molecule has 0 unspecified atom stereocenters. The lowest BCUT2D eigenvalue weighted by Crippen LogP contribution is -3.15. The lowest BCUT2D eigenvalue weighted by Gasteiger charge is -2.33. The summed E-state index contributed by atoms with van der Waals surface area (Å²) in [5.74, 6) is 0.966. The molecule has 138 valence electrons. The maximum absolute atomic E-state index is 12.3.